The lowest BCUT2D eigenvalue weighted by Gasteiger charge is -2.38. The molecule has 24 heavy (non-hydrogen) atoms. The number of benzene rings is 2. The number of Topliss-reactive ketones (excluding diaryl/α,β-unsaturated/α-hetero) is 1. The van der Waals surface area contributed by atoms with Crippen LogP contribution in [0.2, 0.25) is 0 Å². The van der Waals surface area contributed by atoms with Gasteiger partial charge in [0.2, 0.25) is 0 Å². The monoisotopic (exact) mass is 325 g/mol. The number of phenolic OH excluding ortho intramolecular Hbond substituents is 1. The summed E-state index contributed by atoms with van der Waals surface area (Å²) in [5, 5.41) is 9.45. The number of methoxy groups -OCH3 is 1. The summed E-state index contributed by atoms with van der Waals surface area (Å²) in [4.78, 5) is 14.6. The summed E-state index contributed by atoms with van der Waals surface area (Å²) in [5.41, 5.74) is 2.23. The van der Waals surface area contributed by atoms with Crippen molar-refractivity contribution >= 4 is 5.78 Å². The van der Waals surface area contributed by atoms with Crippen molar-refractivity contribution in [3.8, 4) is 11.5 Å². The Morgan fingerprint density at radius 1 is 1.21 bits per heavy atom. The first-order valence-electron chi connectivity index (χ1n) is 8.25. The molecule has 1 saturated heterocycles. The molecule has 3 rings (SSSR count). The van der Waals surface area contributed by atoms with Gasteiger partial charge in [-0.15, -0.1) is 0 Å². The van der Waals surface area contributed by atoms with Crippen LogP contribution in [0.3, 0.4) is 0 Å². The number of hydrogen-bond donors (Lipinski definition) is 1. The maximum atomic E-state index is 12.3. The summed E-state index contributed by atoms with van der Waals surface area (Å²) >= 11 is 0. The molecule has 0 spiro atoms. The zero-order chi connectivity index (χ0) is 17.1. The Morgan fingerprint density at radius 2 is 1.96 bits per heavy atom. The van der Waals surface area contributed by atoms with Crippen LogP contribution in [0.5, 0.6) is 11.5 Å². The van der Waals surface area contributed by atoms with Crippen molar-refractivity contribution in [1.29, 1.82) is 0 Å². The van der Waals surface area contributed by atoms with E-state index in [1.165, 1.54) is 0 Å². The Bertz CT molecular complexity index is 711. The molecule has 0 aromatic heterocycles. The van der Waals surface area contributed by atoms with E-state index in [1.807, 2.05) is 37.3 Å². The molecule has 1 N–H and O–H groups in total. The second-order valence-electron chi connectivity index (χ2n) is 6.46. The van der Waals surface area contributed by atoms with Crippen molar-refractivity contribution in [2.75, 3.05) is 13.7 Å². The number of rotatable bonds is 4. The molecular formula is C20H23NO3. The predicted octanol–water partition coefficient (Wildman–Crippen LogP) is 3.55. The SMILES string of the molecule is COc1cccc([C@@H]2CC(=O)[C@@H](C)CN2Cc2ccc(O)cc2)c1. The van der Waals surface area contributed by atoms with Crippen LogP contribution < -0.4 is 4.74 Å². The largest absolute Gasteiger partial charge is 0.508 e. The molecule has 2 atom stereocenters. The highest BCUT2D eigenvalue weighted by atomic mass is 16.5. The number of aromatic hydroxyl groups is 1. The Morgan fingerprint density at radius 3 is 2.67 bits per heavy atom. The third kappa shape index (κ3) is 3.60. The van der Waals surface area contributed by atoms with Crippen LogP contribution in [0, 0.1) is 5.92 Å². The van der Waals surface area contributed by atoms with E-state index in [9.17, 15) is 9.90 Å². The van der Waals surface area contributed by atoms with Gasteiger partial charge in [-0.25, -0.2) is 0 Å². The molecule has 2 aromatic carbocycles. The zero-order valence-corrected chi connectivity index (χ0v) is 14.1. The molecule has 0 saturated carbocycles. The van der Waals surface area contributed by atoms with Gasteiger partial charge in [0, 0.05) is 31.5 Å². The summed E-state index contributed by atoms with van der Waals surface area (Å²) < 4.78 is 5.33. The van der Waals surface area contributed by atoms with Crippen LogP contribution in [-0.2, 0) is 11.3 Å². The van der Waals surface area contributed by atoms with E-state index in [1.54, 1.807) is 19.2 Å². The number of likely N-dealkylation sites (tertiary alicyclic amines) is 1. The van der Waals surface area contributed by atoms with Gasteiger partial charge >= 0.3 is 0 Å². The molecule has 1 aliphatic rings. The minimum Gasteiger partial charge on any atom is -0.508 e. The second-order valence-corrected chi connectivity index (χ2v) is 6.46. The average molecular weight is 325 g/mol. The van der Waals surface area contributed by atoms with Crippen LogP contribution in [-0.4, -0.2) is 29.4 Å². The molecule has 0 bridgehead atoms. The third-order valence-electron chi connectivity index (χ3n) is 4.69. The van der Waals surface area contributed by atoms with Crippen molar-refractivity contribution in [1.82, 2.24) is 4.90 Å². The molecule has 0 amide bonds. The van der Waals surface area contributed by atoms with Gasteiger partial charge in [-0.05, 0) is 35.4 Å². The van der Waals surface area contributed by atoms with Gasteiger partial charge < -0.3 is 9.84 Å². The number of ketones is 1. The van der Waals surface area contributed by atoms with E-state index in [0.717, 1.165) is 30.0 Å². The molecular weight excluding hydrogens is 302 g/mol. The Kier molecular flexibility index (Phi) is 4.86. The number of ether oxygens (including phenoxy) is 1. The molecule has 0 unspecified atom stereocenters. The smallest absolute Gasteiger partial charge is 0.138 e. The lowest BCUT2D eigenvalue weighted by molar-refractivity contribution is -0.128. The molecule has 1 aliphatic heterocycles. The summed E-state index contributed by atoms with van der Waals surface area (Å²) in [6, 6.07) is 15.3. The first-order chi connectivity index (χ1) is 11.6. The van der Waals surface area contributed by atoms with Gasteiger partial charge in [0.25, 0.3) is 0 Å². The highest BCUT2D eigenvalue weighted by molar-refractivity contribution is 5.82. The highest BCUT2D eigenvalue weighted by Crippen LogP contribution is 2.34. The van der Waals surface area contributed by atoms with E-state index in [2.05, 4.69) is 11.0 Å². The lowest BCUT2D eigenvalue weighted by Crippen LogP contribution is -2.41. The Hall–Kier alpha value is -2.33. The topological polar surface area (TPSA) is 49.8 Å². The average Bonchev–Trinajstić information content (AvgIpc) is 2.60. The van der Waals surface area contributed by atoms with Gasteiger partial charge in [-0.1, -0.05) is 31.2 Å². The van der Waals surface area contributed by atoms with E-state index >= 15 is 0 Å². The van der Waals surface area contributed by atoms with Crippen LogP contribution >= 0.6 is 0 Å². The molecule has 4 heteroatoms. The molecule has 4 nitrogen and oxygen atoms in total. The molecule has 0 radical (unpaired) electrons. The summed E-state index contributed by atoms with van der Waals surface area (Å²) in [6.45, 7) is 3.48. The number of carbonyl (C=O) groups is 1. The van der Waals surface area contributed by atoms with Crippen molar-refractivity contribution in [3.63, 3.8) is 0 Å². The van der Waals surface area contributed by atoms with Crippen LogP contribution in [0.1, 0.15) is 30.5 Å². The highest BCUT2D eigenvalue weighted by Gasteiger charge is 2.32. The van der Waals surface area contributed by atoms with Gasteiger partial charge in [-0.3, -0.25) is 9.69 Å². The quantitative estimate of drug-likeness (QED) is 0.934. The fourth-order valence-corrected chi connectivity index (χ4v) is 3.29. The van der Waals surface area contributed by atoms with Gasteiger partial charge in [0.15, 0.2) is 0 Å². The third-order valence-corrected chi connectivity index (χ3v) is 4.69. The standard InChI is InChI=1S/C20H23NO3/c1-14-12-21(13-15-6-8-17(22)9-7-15)19(11-20(14)23)16-4-3-5-18(10-16)24-2/h3-10,14,19,22H,11-13H2,1-2H3/t14-,19-/m0/s1. The number of hydrogen-bond acceptors (Lipinski definition) is 4. The first kappa shape index (κ1) is 16.5. The van der Waals surface area contributed by atoms with Crippen molar-refractivity contribution in [2.45, 2.75) is 25.9 Å². The molecule has 126 valence electrons. The summed E-state index contributed by atoms with van der Waals surface area (Å²) in [7, 11) is 1.65. The maximum absolute atomic E-state index is 12.3. The maximum Gasteiger partial charge on any atom is 0.138 e. The fourth-order valence-electron chi connectivity index (χ4n) is 3.29. The normalized spacial score (nSPS) is 21.7. The minimum atomic E-state index is 0.0453. The molecule has 1 fully saturated rings. The van der Waals surface area contributed by atoms with Crippen molar-refractivity contribution in [2.24, 2.45) is 5.92 Å². The minimum absolute atomic E-state index is 0.0453. The molecule has 2 aromatic rings. The van der Waals surface area contributed by atoms with E-state index in [4.69, 9.17) is 4.74 Å². The Balaban J connectivity index is 1.87. The van der Waals surface area contributed by atoms with Crippen LogP contribution in [0.15, 0.2) is 48.5 Å². The van der Waals surface area contributed by atoms with Gasteiger partial charge in [0.1, 0.15) is 17.3 Å². The van der Waals surface area contributed by atoms with Gasteiger partial charge in [-0.2, -0.15) is 0 Å². The van der Waals surface area contributed by atoms with Crippen molar-refractivity contribution < 1.29 is 14.6 Å². The number of carbonyl (C=O) groups excluding carboxylic acids is 1. The lowest BCUT2D eigenvalue weighted by atomic mass is 9.88. The first-order valence-corrected chi connectivity index (χ1v) is 8.25. The number of piperidine rings is 1. The zero-order valence-electron chi connectivity index (χ0n) is 14.1. The number of nitrogens with zero attached hydrogens (tertiary/aromatic N) is 1. The van der Waals surface area contributed by atoms with E-state index < -0.39 is 0 Å². The van der Waals surface area contributed by atoms with Crippen LogP contribution in [0.4, 0.5) is 0 Å². The summed E-state index contributed by atoms with van der Waals surface area (Å²) in [6.07, 6.45) is 0.520. The number of phenols is 1. The van der Waals surface area contributed by atoms with E-state index in [0.29, 0.717) is 12.2 Å². The van der Waals surface area contributed by atoms with Crippen molar-refractivity contribution in [3.05, 3.63) is 59.7 Å². The fraction of sp³-hybridized carbons (Fsp3) is 0.350. The summed E-state index contributed by atoms with van der Waals surface area (Å²) in [5.74, 6) is 1.43. The Labute approximate surface area is 142 Å². The van der Waals surface area contributed by atoms with Crippen LogP contribution in [0.25, 0.3) is 0 Å². The molecule has 1 heterocycles. The second kappa shape index (κ2) is 7.05. The predicted molar refractivity (Wildman–Crippen MR) is 93.0 cm³/mol. The van der Waals surface area contributed by atoms with Gasteiger partial charge in [0.05, 0.1) is 7.11 Å². The van der Waals surface area contributed by atoms with E-state index in [-0.39, 0.29) is 17.7 Å². The molecule has 0 aliphatic carbocycles.